The maximum atomic E-state index is 12.0. The summed E-state index contributed by atoms with van der Waals surface area (Å²) in [5.41, 5.74) is 0. The minimum absolute atomic E-state index is 0.0540. The van der Waals surface area contributed by atoms with Crippen molar-refractivity contribution in [2.45, 2.75) is 33.0 Å². The second-order valence-corrected chi connectivity index (χ2v) is 3.56. The van der Waals surface area contributed by atoms with Crippen LogP contribution >= 0.6 is 0 Å². The van der Waals surface area contributed by atoms with Crippen molar-refractivity contribution in [2.24, 2.45) is 0 Å². The third kappa shape index (κ3) is 7.18. The Morgan fingerprint density at radius 2 is 1.93 bits per heavy atom. The summed E-state index contributed by atoms with van der Waals surface area (Å²) >= 11 is 0. The predicted molar refractivity (Wildman–Crippen MR) is 51.4 cm³/mol. The van der Waals surface area contributed by atoms with Crippen molar-refractivity contribution >= 4 is 5.91 Å². The lowest BCUT2D eigenvalue weighted by atomic mass is 10.3. The van der Waals surface area contributed by atoms with Gasteiger partial charge >= 0.3 is 6.18 Å². The molecular weight excluding hydrogens is 209 g/mol. The quantitative estimate of drug-likeness (QED) is 0.768. The Kier molecular flexibility index (Phi) is 5.64. The molecule has 15 heavy (non-hydrogen) atoms. The van der Waals surface area contributed by atoms with Crippen LogP contribution in [0.5, 0.6) is 0 Å². The summed E-state index contributed by atoms with van der Waals surface area (Å²) in [7, 11) is 0. The third-order valence-corrected chi connectivity index (χ3v) is 1.77. The number of nitrogens with zero attached hydrogens (tertiary/aromatic N) is 1. The fourth-order valence-corrected chi connectivity index (χ4v) is 0.996. The molecule has 0 atom stereocenters. The molecule has 1 N–H and O–H groups in total. The molecule has 0 saturated carbocycles. The van der Waals surface area contributed by atoms with E-state index < -0.39 is 18.6 Å². The number of nitrogens with one attached hydrogen (secondary N) is 1. The van der Waals surface area contributed by atoms with Gasteiger partial charge in [-0.3, -0.25) is 4.79 Å². The van der Waals surface area contributed by atoms with Gasteiger partial charge in [-0.2, -0.15) is 13.2 Å². The predicted octanol–water partition coefficient (Wildman–Crippen LogP) is 1.40. The molecule has 0 unspecified atom stereocenters. The molecule has 90 valence electrons. The molecule has 0 spiro atoms. The van der Waals surface area contributed by atoms with Gasteiger partial charge in [-0.25, -0.2) is 0 Å². The van der Waals surface area contributed by atoms with Crippen LogP contribution in [-0.4, -0.2) is 42.7 Å². The lowest BCUT2D eigenvalue weighted by Crippen LogP contribution is -2.44. The first-order valence-corrected chi connectivity index (χ1v) is 4.84. The number of carbonyl (C=O) groups excluding carboxylic acids is 1. The average Bonchev–Trinajstić information content (AvgIpc) is 2.08. The van der Waals surface area contributed by atoms with Gasteiger partial charge in [0.05, 0.1) is 6.54 Å². The molecule has 0 rings (SSSR count). The van der Waals surface area contributed by atoms with Crippen molar-refractivity contribution in [1.29, 1.82) is 0 Å². The zero-order chi connectivity index (χ0) is 12.1. The molecule has 0 aromatic rings. The molecule has 0 heterocycles. The van der Waals surface area contributed by atoms with E-state index in [1.165, 1.54) is 6.92 Å². The van der Waals surface area contributed by atoms with E-state index in [2.05, 4.69) is 5.32 Å². The number of hydrogen-bond acceptors (Lipinski definition) is 2. The summed E-state index contributed by atoms with van der Waals surface area (Å²) in [5, 5.41) is 2.79. The number of carbonyl (C=O) groups is 1. The molecule has 0 aliphatic rings. The first kappa shape index (κ1) is 14.2. The number of alkyl halides is 3. The maximum absolute atomic E-state index is 12.0. The Hall–Kier alpha value is -0.780. The summed E-state index contributed by atoms with van der Waals surface area (Å²) in [6, 6.07) is 0.0820. The maximum Gasteiger partial charge on any atom is 0.406 e. The molecule has 0 aromatic carbocycles. The minimum Gasteiger partial charge on any atom is -0.333 e. The fourth-order valence-electron chi connectivity index (χ4n) is 0.996. The Balaban J connectivity index is 4.11. The Morgan fingerprint density at radius 3 is 2.27 bits per heavy atom. The highest BCUT2D eigenvalue weighted by atomic mass is 19.4. The van der Waals surface area contributed by atoms with Crippen molar-refractivity contribution in [1.82, 2.24) is 10.2 Å². The van der Waals surface area contributed by atoms with Crippen molar-refractivity contribution in [3.8, 4) is 0 Å². The van der Waals surface area contributed by atoms with Gasteiger partial charge in [-0.05, 0) is 6.92 Å². The van der Waals surface area contributed by atoms with E-state index in [-0.39, 0.29) is 19.1 Å². The normalized spacial score (nSPS) is 11.9. The second-order valence-electron chi connectivity index (χ2n) is 3.56. The molecule has 0 fully saturated rings. The molecule has 0 aromatic heterocycles. The molecule has 3 nitrogen and oxygen atoms in total. The van der Waals surface area contributed by atoms with E-state index >= 15 is 0 Å². The van der Waals surface area contributed by atoms with Crippen LogP contribution in [0.3, 0.4) is 0 Å². The monoisotopic (exact) mass is 226 g/mol. The van der Waals surface area contributed by atoms with Gasteiger partial charge in [0, 0.05) is 12.6 Å². The SMILES string of the molecule is CCN(CC(F)(F)F)C(=O)CNC(C)C. The molecule has 0 aliphatic heterocycles. The van der Waals surface area contributed by atoms with Crippen LogP contribution in [0.25, 0.3) is 0 Å². The smallest absolute Gasteiger partial charge is 0.333 e. The van der Waals surface area contributed by atoms with Crippen LogP contribution in [0, 0.1) is 0 Å². The van der Waals surface area contributed by atoms with Crippen molar-refractivity contribution < 1.29 is 18.0 Å². The van der Waals surface area contributed by atoms with E-state index in [4.69, 9.17) is 0 Å². The lowest BCUT2D eigenvalue weighted by molar-refractivity contribution is -0.160. The van der Waals surface area contributed by atoms with Gasteiger partial charge in [-0.1, -0.05) is 13.8 Å². The molecule has 6 heteroatoms. The van der Waals surface area contributed by atoms with Crippen molar-refractivity contribution in [2.75, 3.05) is 19.6 Å². The van der Waals surface area contributed by atoms with Crippen LogP contribution in [0.1, 0.15) is 20.8 Å². The van der Waals surface area contributed by atoms with Gasteiger partial charge in [0.2, 0.25) is 5.91 Å². The van der Waals surface area contributed by atoms with E-state index in [1.807, 2.05) is 13.8 Å². The van der Waals surface area contributed by atoms with Gasteiger partial charge in [-0.15, -0.1) is 0 Å². The van der Waals surface area contributed by atoms with Crippen molar-refractivity contribution in [3.63, 3.8) is 0 Å². The highest BCUT2D eigenvalue weighted by molar-refractivity contribution is 5.78. The number of amides is 1. The Bertz CT molecular complexity index is 204. The summed E-state index contributed by atoms with van der Waals surface area (Å²) < 4.78 is 36.1. The summed E-state index contributed by atoms with van der Waals surface area (Å²) in [6.07, 6.45) is -4.33. The molecule has 0 bridgehead atoms. The number of halogens is 3. The number of likely N-dealkylation sites (N-methyl/N-ethyl adjacent to an activating group) is 1. The summed E-state index contributed by atoms with van der Waals surface area (Å²) in [6.45, 7) is 4.02. The largest absolute Gasteiger partial charge is 0.406 e. The van der Waals surface area contributed by atoms with Crippen LogP contribution in [0.15, 0.2) is 0 Å². The minimum atomic E-state index is -4.33. The summed E-state index contributed by atoms with van der Waals surface area (Å²) in [4.78, 5) is 12.1. The molecule has 0 radical (unpaired) electrons. The van der Waals surface area contributed by atoms with Gasteiger partial charge in [0.25, 0.3) is 0 Å². The molecule has 0 saturated heterocycles. The zero-order valence-corrected chi connectivity index (χ0v) is 9.19. The topological polar surface area (TPSA) is 32.3 Å². The second kappa shape index (κ2) is 5.95. The van der Waals surface area contributed by atoms with Crippen LogP contribution in [-0.2, 0) is 4.79 Å². The highest BCUT2D eigenvalue weighted by Crippen LogP contribution is 2.16. The van der Waals surface area contributed by atoms with Crippen LogP contribution in [0.4, 0.5) is 13.2 Å². The first-order chi connectivity index (χ1) is 6.76. The number of rotatable bonds is 5. The van der Waals surface area contributed by atoms with Gasteiger partial charge < -0.3 is 10.2 Å². The zero-order valence-electron chi connectivity index (χ0n) is 9.19. The van der Waals surface area contributed by atoms with E-state index in [0.717, 1.165) is 4.90 Å². The fraction of sp³-hybridized carbons (Fsp3) is 0.889. The number of hydrogen-bond donors (Lipinski definition) is 1. The van der Waals surface area contributed by atoms with E-state index in [0.29, 0.717) is 0 Å². The summed E-state index contributed by atoms with van der Waals surface area (Å²) in [5.74, 6) is -0.525. The highest BCUT2D eigenvalue weighted by Gasteiger charge is 2.31. The van der Waals surface area contributed by atoms with Gasteiger partial charge in [0.1, 0.15) is 6.54 Å². The molecular formula is C9H17F3N2O. The first-order valence-electron chi connectivity index (χ1n) is 4.84. The van der Waals surface area contributed by atoms with E-state index in [9.17, 15) is 18.0 Å². The lowest BCUT2D eigenvalue weighted by Gasteiger charge is -2.22. The Morgan fingerprint density at radius 1 is 1.40 bits per heavy atom. The van der Waals surface area contributed by atoms with Crippen molar-refractivity contribution in [3.05, 3.63) is 0 Å². The molecule has 1 amide bonds. The third-order valence-electron chi connectivity index (χ3n) is 1.77. The standard InChI is InChI=1S/C9H17F3N2O/c1-4-14(6-9(10,11)12)8(15)5-13-7(2)3/h7,13H,4-6H2,1-3H3. The molecule has 0 aliphatic carbocycles. The van der Waals surface area contributed by atoms with Crippen LogP contribution < -0.4 is 5.32 Å². The van der Waals surface area contributed by atoms with Crippen LogP contribution in [0.2, 0.25) is 0 Å². The Labute approximate surface area is 87.6 Å². The van der Waals surface area contributed by atoms with E-state index in [1.54, 1.807) is 0 Å². The van der Waals surface area contributed by atoms with Gasteiger partial charge in [0.15, 0.2) is 0 Å². The average molecular weight is 226 g/mol.